The van der Waals surface area contributed by atoms with Crippen molar-refractivity contribution in [1.29, 1.82) is 0 Å². The Hall–Kier alpha value is -1.81. The molecule has 4 nitrogen and oxygen atoms in total. The van der Waals surface area contributed by atoms with Gasteiger partial charge in [0, 0.05) is 23.8 Å². The number of aromatic amines is 1. The van der Waals surface area contributed by atoms with Crippen LogP contribution in [0.15, 0.2) is 24.3 Å². The Kier molecular flexibility index (Phi) is 4.79. The van der Waals surface area contributed by atoms with Crippen molar-refractivity contribution in [2.24, 2.45) is 0 Å². The summed E-state index contributed by atoms with van der Waals surface area (Å²) < 4.78 is 0. The van der Waals surface area contributed by atoms with Gasteiger partial charge in [-0.2, -0.15) is 5.10 Å². The van der Waals surface area contributed by atoms with Gasteiger partial charge in [-0.05, 0) is 51.3 Å². The van der Waals surface area contributed by atoms with Gasteiger partial charge in [0.1, 0.15) is 5.75 Å². The number of nitrogens with zero attached hydrogens (tertiary/aromatic N) is 1. The van der Waals surface area contributed by atoms with Crippen molar-refractivity contribution in [2.75, 3.05) is 0 Å². The number of nitrogens with one attached hydrogen (secondary N) is 2. The molecule has 0 saturated carbocycles. The highest BCUT2D eigenvalue weighted by atomic mass is 16.3. The van der Waals surface area contributed by atoms with E-state index in [0.717, 1.165) is 30.8 Å². The third-order valence-electron chi connectivity index (χ3n) is 3.71. The summed E-state index contributed by atoms with van der Waals surface area (Å²) in [7, 11) is 0. The van der Waals surface area contributed by atoms with Crippen LogP contribution >= 0.6 is 0 Å². The van der Waals surface area contributed by atoms with Crippen LogP contribution in [0, 0.1) is 13.8 Å². The van der Waals surface area contributed by atoms with E-state index in [9.17, 15) is 5.11 Å². The predicted octanol–water partition coefficient (Wildman–Crippen LogP) is 2.84. The van der Waals surface area contributed by atoms with E-state index in [2.05, 4.69) is 29.4 Å². The van der Waals surface area contributed by atoms with Crippen LogP contribution in [0.4, 0.5) is 0 Å². The zero-order chi connectivity index (χ0) is 14.5. The van der Waals surface area contributed by atoms with Crippen molar-refractivity contribution in [3.8, 4) is 5.75 Å². The Morgan fingerprint density at radius 2 is 1.95 bits per heavy atom. The summed E-state index contributed by atoms with van der Waals surface area (Å²) in [5.74, 6) is 0.325. The molecule has 0 bridgehead atoms. The van der Waals surface area contributed by atoms with E-state index in [1.54, 1.807) is 12.1 Å². The van der Waals surface area contributed by atoms with E-state index in [4.69, 9.17) is 0 Å². The van der Waals surface area contributed by atoms with Gasteiger partial charge in [-0.3, -0.25) is 5.10 Å². The molecular weight excluding hydrogens is 250 g/mol. The lowest BCUT2D eigenvalue weighted by atomic mass is 10.1. The molecule has 1 aromatic carbocycles. The molecule has 2 aromatic rings. The first-order valence-electron chi connectivity index (χ1n) is 7.08. The molecule has 0 aliphatic carbocycles. The predicted molar refractivity (Wildman–Crippen MR) is 80.8 cm³/mol. The number of aryl methyl sites for hydroxylation is 3. The Balaban J connectivity index is 1.78. The summed E-state index contributed by atoms with van der Waals surface area (Å²) in [5.41, 5.74) is 4.73. The first kappa shape index (κ1) is 14.6. The van der Waals surface area contributed by atoms with E-state index in [1.807, 2.05) is 19.1 Å². The van der Waals surface area contributed by atoms with Crippen LogP contribution in [0.25, 0.3) is 0 Å². The minimum Gasteiger partial charge on any atom is -0.508 e. The summed E-state index contributed by atoms with van der Waals surface area (Å²) in [5, 5.41) is 20.0. The molecule has 0 saturated heterocycles. The molecule has 1 heterocycles. The summed E-state index contributed by atoms with van der Waals surface area (Å²) in [6, 6.07) is 7.88. The van der Waals surface area contributed by atoms with E-state index in [0.29, 0.717) is 11.8 Å². The average molecular weight is 273 g/mol. The number of H-pyrrole nitrogens is 1. The van der Waals surface area contributed by atoms with Crippen LogP contribution in [0.2, 0.25) is 0 Å². The fourth-order valence-corrected chi connectivity index (χ4v) is 2.26. The van der Waals surface area contributed by atoms with Gasteiger partial charge in [-0.25, -0.2) is 0 Å². The van der Waals surface area contributed by atoms with Gasteiger partial charge in [0.2, 0.25) is 0 Å². The van der Waals surface area contributed by atoms with Crippen molar-refractivity contribution in [3.05, 3.63) is 46.8 Å². The standard InChI is InChI=1S/C16H23N3O/c1-11(4-5-14-6-8-15(20)9-7-14)17-10-16-12(2)18-19-13(16)3/h6-9,11,17,20H,4-5,10H2,1-3H3,(H,18,19). The average Bonchev–Trinajstić information content (AvgIpc) is 2.75. The lowest BCUT2D eigenvalue weighted by Gasteiger charge is -2.14. The normalized spacial score (nSPS) is 12.6. The molecule has 20 heavy (non-hydrogen) atoms. The third-order valence-corrected chi connectivity index (χ3v) is 3.71. The van der Waals surface area contributed by atoms with Crippen molar-refractivity contribution in [3.63, 3.8) is 0 Å². The lowest BCUT2D eigenvalue weighted by Crippen LogP contribution is -2.26. The van der Waals surface area contributed by atoms with Crippen LogP contribution in [0.1, 0.15) is 35.9 Å². The smallest absolute Gasteiger partial charge is 0.115 e. The Bertz CT molecular complexity index is 526. The van der Waals surface area contributed by atoms with E-state index < -0.39 is 0 Å². The topological polar surface area (TPSA) is 60.9 Å². The van der Waals surface area contributed by atoms with Gasteiger partial charge >= 0.3 is 0 Å². The molecule has 2 rings (SSSR count). The van der Waals surface area contributed by atoms with Gasteiger partial charge in [0.25, 0.3) is 0 Å². The van der Waals surface area contributed by atoms with Gasteiger partial charge in [-0.1, -0.05) is 12.1 Å². The molecule has 0 aliphatic heterocycles. The first-order chi connectivity index (χ1) is 9.56. The molecule has 108 valence electrons. The second-order valence-electron chi connectivity index (χ2n) is 5.40. The van der Waals surface area contributed by atoms with Gasteiger partial charge in [0.05, 0.1) is 5.69 Å². The number of rotatable bonds is 6. The SMILES string of the molecule is Cc1n[nH]c(C)c1CNC(C)CCc1ccc(O)cc1. The van der Waals surface area contributed by atoms with Crippen molar-refractivity contribution in [1.82, 2.24) is 15.5 Å². The minimum absolute atomic E-state index is 0.325. The first-order valence-corrected chi connectivity index (χ1v) is 7.08. The fraction of sp³-hybridized carbons (Fsp3) is 0.438. The zero-order valence-corrected chi connectivity index (χ0v) is 12.4. The van der Waals surface area contributed by atoms with Gasteiger partial charge in [-0.15, -0.1) is 0 Å². The summed E-state index contributed by atoms with van der Waals surface area (Å²) in [4.78, 5) is 0. The molecule has 0 aliphatic rings. The maximum atomic E-state index is 9.25. The van der Waals surface area contributed by atoms with Crippen LogP contribution in [0.3, 0.4) is 0 Å². The molecule has 1 atom stereocenters. The van der Waals surface area contributed by atoms with E-state index >= 15 is 0 Å². The molecule has 0 radical (unpaired) electrons. The summed E-state index contributed by atoms with van der Waals surface area (Å²) >= 11 is 0. The van der Waals surface area contributed by atoms with Gasteiger partial charge in [0.15, 0.2) is 0 Å². The molecule has 4 heteroatoms. The van der Waals surface area contributed by atoms with Crippen LogP contribution < -0.4 is 5.32 Å². The second kappa shape index (κ2) is 6.57. The number of aromatic hydroxyl groups is 1. The molecule has 1 aromatic heterocycles. The molecule has 0 amide bonds. The maximum absolute atomic E-state index is 9.25. The number of phenolic OH excluding ortho intramolecular Hbond substituents is 1. The number of hydrogen-bond donors (Lipinski definition) is 3. The number of benzene rings is 1. The fourth-order valence-electron chi connectivity index (χ4n) is 2.26. The Labute approximate surface area is 120 Å². The number of hydrogen-bond acceptors (Lipinski definition) is 3. The lowest BCUT2D eigenvalue weighted by molar-refractivity contribution is 0.474. The van der Waals surface area contributed by atoms with Crippen LogP contribution in [0.5, 0.6) is 5.75 Å². The van der Waals surface area contributed by atoms with Crippen molar-refractivity contribution in [2.45, 2.75) is 46.2 Å². The van der Waals surface area contributed by atoms with E-state index in [-0.39, 0.29) is 0 Å². The largest absolute Gasteiger partial charge is 0.508 e. The molecule has 3 N–H and O–H groups in total. The number of phenols is 1. The Morgan fingerprint density at radius 3 is 2.55 bits per heavy atom. The highest BCUT2D eigenvalue weighted by Gasteiger charge is 2.08. The Morgan fingerprint density at radius 1 is 1.25 bits per heavy atom. The maximum Gasteiger partial charge on any atom is 0.115 e. The van der Waals surface area contributed by atoms with Crippen molar-refractivity contribution >= 4 is 0 Å². The van der Waals surface area contributed by atoms with E-state index in [1.165, 1.54) is 11.1 Å². The minimum atomic E-state index is 0.325. The quantitative estimate of drug-likeness (QED) is 0.758. The van der Waals surface area contributed by atoms with Gasteiger partial charge < -0.3 is 10.4 Å². The highest BCUT2D eigenvalue weighted by Crippen LogP contribution is 2.13. The highest BCUT2D eigenvalue weighted by molar-refractivity contribution is 5.26. The number of aromatic nitrogens is 2. The molecular formula is C16H23N3O. The zero-order valence-electron chi connectivity index (χ0n) is 12.4. The monoisotopic (exact) mass is 273 g/mol. The van der Waals surface area contributed by atoms with Crippen LogP contribution in [-0.4, -0.2) is 21.3 Å². The van der Waals surface area contributed by atoms with Crippen LogP contribution in [-0.2, 0) is 13.0 Å². The second-order valence-corrected chi connectivity index (χ2v) is 5.40. The molecule has 1 unspecified atom stereocenters. The molecule has 0 fully saturated rings. The summed E-state index contributed by atoms with van der Waals surface area (Å²) in [6.07, 6.45) is 2.08. The third kappa shape index (κ3) is 3.84. The molecule has 0 spiro atoms. The summed E-state index contributed by atoms with van der Waals surface area (Å²) in [6.45, 7) is 7.13. The van der Waals surface area contributed by atoms with Crippen molar-refractivity contribution < 1.29 is 5.11 Å².